The minimum Gasteiger partial charge on any atom is -0.506 e. The Balaban J connectivity index is 2.15. The van der Waals surface area contributed by atoms with Crippen LogP contribution >= 0.6 is 23.2 Å². The van der Waals surface area contributed by atoms with Crippen LogP contribution in [-0.2, 0) is 0 Å². The molecule has 0 atom stereocenters. The SMILES string of the molecule is Oc1c(Cl)cc(Cl)cc1C=NNc1ccccc1. The number of hydrazone groups is 1. The van der Waals surface area contributed by atoms with Gasteiger partial charge in [-0.15, -0.1) is 0 Å². The number of halogens is 2. The number of phenolic OH excluding ortho intramolecular Hbond substituents is 1. The minimum atomic E-state index is -0.0420. The maximum Gasteiger partial charge on any atom is 0.143 e. The third kappa shape index (κ3) is 3.15. The molecule has 0 fully saturated rings. The van der Waals surface area contributed by atoms with Crippen molar-refractivity contribution in [1.82, 2.24) is 0 Å². The number of para-hydroxylation sites is 1. The molecular formula is C13H10Cl2N2O. The van der Waals surface area contributed by atoms with Gasteiger partial charge in [-0.25, -0.2) is 0 Å². The van der Waals surface area contributed by atoms with Crippen LogP contribution in [0, 0.1) is 0 Å². The summed E-state index contributed by atoms with van der Waals surface area (Å²) in [6, 6.07) is 12.5. The quantitative estimate of drug-likeness (QED) is 0.655. The zero-order valence-corrected chi connectivity index (χ0v) is 10.8. The molecule has 0 aliphatic heterocycles. The van der Waals surface area contributed by atoms with E-state index in [0.29, 0.717) is 10.6 Å². The molecule has 0 aliphatic carbocycles. The number of nitrogens with one attached hydrogen (secondary N) is 1. The van der Waals surface area contributed by atoms with Gasteiger partial charge in [0.05, 0.1) is 16.9 Å². The molecule has 2 aromatic carbocycles. The van der Waals surface area contributed by atoms with Gasteiger partial charge < -0.3 is 5.11 Å². The Morgan fingerprint density at radius 1 is 1.11 bits per heavy atom. The highest BCUT2D eigenvalue weighted by molar-refractivity contribution is 6.36. The summed E-state index contributed by atoms with van der Waals surface area (Å²) in [4.78, 5) is 0. The van der Waals surface area contributed by atoms with Crippen LogP contribution in [0.25, 0.3) is 0 Å². The van der Waals surface area contributed by atoms with Crippen LogP contribution < -0.4 is 5.43 Å². The van der Waals surface area contributed by atoms with Gasteiger partial charge in [-0.2, -0.15) is 5.10 Å². The molecule has 0 saturated carbocycles. The van der Waals surface area contributed by atoms with E-state index in [4.69, 9.17) is 23.2 Å². The van der Waals surface area contributed by atoms with Crippen molar-refractivity contribution >= 4 is 35.1 Å². The third-order valence-electron chi connectivity index (χ3n) is 2.23. The monoisotopic (exact) mass is 280 g/mol. The van der Waals surface area contributed by atoms with Crippen LogP contribution in [0.3, 0.4) is 0 Å². The molecule has 92 valence electrons. The minimum absolute atomic E-state index is 0.0420. The Hall–Kier alpha value is -1.71. The van der Waals surface area contributed by atoms with Gasteiger partial charge in [-0.3, -0.25) is 5.43 Å². The number of phenols is 1. The summed E-state index contributed by atoms with van der Waals surface area (Å²) in [6.45, 7) is 0. The Labute approximate surface area is 115 Å². The van der Waals surface area contributed by atoms with E-state index in [2.05, 4.69) is 10.5 Å². The van der Waals surface area contributed by atoms with Crippen molar-refractivity contribution in [1.29, 1.82) is 0 Å². The van der Waals surface area contributed by atoms with Crippen LogP contribution in [0.1, 0.15) is 5.56 Å². The van der Waals surface area contributed by atoms with Gasteiger partial charge in [0.2, 0.25) is 0 Å². The molecule has 0 spiro atoms. The highest BCUT2D eigenvalue weighted by Gasteiger charge is 2.05. The van der Waals surface area contributed by atoms with Crippen molar-refractivity contribution in [2.75, 3.05) is 5.43 Å². The molecule has 2 rings (SSSR count). The second-order valence-electron chi connectivity index (χ2n) is 3.56. The van der Waals surface area contributed by atoms with Gasteiger partial charge in [0.15, 0.2) is 0 Å². The normalized spacial score (nSPS) is 10.8. The van der Waals surface area contributed by atoms with Crippen molar-refractivity contribution < 1.29 is 5.11 Å². The first-order valence-electron chi connectivity index (χ1n) is 5.19. The average Bonchev–Trinajstić information content (AvgIpc) is 2.36. The number of rotatable bonds is 3. The molecular weight excluding hydrogens is 271 g/mol. The van der Waals surface area contributed by atoms with E-state index in [-0.39, 0.29) is 10.8 Å². The first-order valence-corrected chi connectivity index (χ1v) is 5.94. The predicted molar refractivity (Wildman–Crippen MR) is 75.8 cm³/mol. The molecule has 5 heteroatoms. The summed E-state index contributed by atoms with van der Waals surface area (Å²) < 4.78 is 0. The lowest BCUT2D eigenvalue weighted by Gasteiger charge is -2.03. The van der Waals surface area contributed by atoms with Crippen molar-refractivity contribution in [2.45, 2.75) is 0 Å². The van der Waals surface area contributed by atoms with E-state index in [1.807, 2.05) is 30.3 Å². The smallest absolute Gasteiger partial charge is 0.143 e. The third-order valence-corrected chi connectivity index (χ3v) is 2.74. The molecule has 0 unspecified atom stereocenters. The fraction of sp³-hybridized carbons (Fsp3) is 0. The van der Waals surface area contributed by atoms with Crippen LogP contribution in [-0.4, -0.2) is 11.3 Å². The molecule has 0 aromatic heterocycles. The van der Waals surface area contributed by atoms with E-state index in [0.717, 1.165) is 5.69 Å². The van der Waals surface area contributed by atoms with E-state index in [1.54, 1.807) is 6.07 Å². The molecule has 0 amide bonds. The van der Waals surface area contributed by atoms with Crippen molar-refractivity contribution in [3.63, 3.8) is 0 Å². The van der Waals surface area contributed by atoms with Crippen molar-refractivity contribution in [3.05, 3.63) is 58.1 Å². The Bertz CT molecular complexity index is 571. The second kappa shape index (κ2) is 5.76. The fourth-order valence-corrected chi connectivity index (χ4v) is 1.88. The van der Waals surface area contributed by atoms with Gasteiger partial charge in [-0.1, -0.05) is 41.4 Å². The number of aromatic hydroxyl groups is 1. The van der Waals surface area contributed by atoms with Gasteiger partial charge in [0, 0.05) is 10.6 Å². The zero-order valence-electron chi connectivity index (χ0n) is 9.27. The Kier molecular flexibility index (Phi) is 4.07. The number of nitrogens with zero attached hydrogens (tertiary/aromatic N) is 1. The molecule has 2 N–H and O–H groups in total. The second-order valence-corrected chi connectivity index (χ2v) is 4.41. The standard InChI is InChI=1S/C13H10Cl2N2O/c14-10-6-9(13(18)12(15)7-10)8-16-17-11-4-2-1-3-5-11/h1-8,17-18H. The maximum absolute atomic E-state index is 9.71. The lowest BCUT2D eigenvalue weighted by Crippen LogP contribution is -1.91. The van der Waals surface area contributed by atoms with Gasteiger partial charge in [0.25, 0.3) is 0 Å². The summed E-state index contributed by atoms with van der Waals surface area (Å²) in [6.07, 6.45) is 1.46. The van der Waals surface area contributed by atoms with Gasteiger partial charge in [0.1, 0.15) is 5.75 Å². The van der Waals surface area contributed by atoms with Crippen molar-refractivity contribution in [2.24, 2.45) is 5.10 Å². The lowest BCUT2D eigenvalue weighted by molar-refractivity contribution is 0.475. The van der Waals surface area contributed by atoms with Crippen LogP contribution in [0.2, 0.25) is 10.0 Å². The topological polar surface area (TPSA) is 44.6 Å². The number of anilines is 1. The summed E-state index contributed by atoms with van der Waals surface area (Å²) in [5, 5.41) is 14.4. The van der Waals surface area contributed by atoms with E-state index >= 15 is 0 Å². The largest absolute Gasteiger partial charge is 0.506 e. The fourth-order valence-electron chi connectivity index (χ4n) is 1.37. The van der Waals surface area contributed by atoms with Crippen LogP contribution in [0.5, 0.6) is 5.75 Å². The molecule has 2 aromatic rings. The maximum atomic E-state index is 9.71. The average molecular weight is 281 g/mol. The van der Waals surface area contributed by atoms with Crippen LogP contribution in [0.15, 0.2) is 47.6 Å². The predicted octanol–water partition coefficient (Wildman–Crippen LogP) is 4.15. The van der Waals surface area contributed by atoms with E-state index in [1.165, 1.54) is 12.3 Å². The van der Waals surface area contributed by atoms with E-state index < -0.39 is 0 Å². The molecule has 0 aliphatic rings. The Morgan fingerprint density at radius 3 is 2.56 bits per heavy atom. The molecule has 0 bridgehead atoms. The molecule has 0 radical (unpaired) electrons. The highest BCUT2D eigenvalue weighted by Crippen LogP contribution is 2.29. The number of hydrogen-bond donors (Lipinski definition) is 2. The number of benzene rings is 2. The highest BCUT2D eigenvalue weighted by atomic mass is 35.5. The first kappa shape index (κ1) is 12.7. The zero-order chi connectivity index (χ0) is 13.0. The van der Waals surface area contributed by atoms with Crippen LogP contribution in [0.4, 0.5) is 5.69 Å². The number of hydrogen-bond acceptors (Lipinski definition) is 3. The van der Waals surface area contributed by atoms with Gasteiger partial charge >= 0.3 is 0 Å². The summed E-state index contributed by atoms with van der Waals surface area (Å²) in [5.74, 6) is -0.0420. The summed E-state index contributed by atoms with van der Waals surface area (Å²) in [7, 11) is 0. The molecule has 3 nitrogen and oxygen atoms in total. The lowest BCUT2D eigenvalue weighted by atomic mass is 10.2. The van der Waals surface area contributed by atoms with Gasteiger partial charge in [-0.05, 0) is 24.3 Å². The molecule has 0 saturated heterocycles. The van der Waals surface area contributed by atoms with E-state index in [9.17, 15) is 5.11 Å². The Morgan fingerprint density at radius 2 is 1.83 bits per heavy atom. The van der Waals surface area contributed by atoms with Crippen molar-refractivity contribution in [3.8, 4) is 5.75 Å². The molecule has 18 heavy (non-hydrogen) atoms. The summed E-state index contributed by atoms with van der Waals surface area (Å²) in [5.41, 5.74) is 4.13. The summed E-state index contributed by atoms with van der Waals surface area (Å²) >= 11 is 11.6. The first-order chi connectivity index (χ1) is 8.66. The molecule has 0 heterocycles.